The first-order valence-corrected chi connectivity index (χ1v) is 1.25. The Bertz CT molecular complexity index is 57.9. The molecule has 0 aliphatic heterocycles. The number of nitrogens with zero attached hydrogens (tertiary/aromatic N) is 2. The van der Waals surface area contributed by atoms with Gasteiger partial charge in [-0.1, -0.05) is 10.3 Å². The van der Waals surface area contributed by atoms with Crippen LogP contribution in [0.15, 0.2) is 10.3 Å². The smallest absolute Gasteiger partial charge is 0.0877 e. The van der Waals surface area contributed by atoms with Gasteiger partial charge in [-0.2, -0.15) is 0 Å². The van der Waals surface area contributed by atoms with E-state index in [2.05, 4.69) is 10.3 Å². The molecule has 0 fully saturated rings. The van der Waals surface area contributed by atoms with E-state index in [0.717, 1.165) is 12.4 Å². The fraction of sp³-hybridized carbons (Fsp3) is 0. The zero-order valence-electron chi connectivity index (χ0n) is 2.94. The number of rotatable bonds is 1. The summed E-state index contributed by atoms with van der Waals surface area (Å²) in [6.07, 6.45) is 1.89. The lowest BCUT2D eigenvalue weighted by Crippen LogP contribution is -1.70. The molecule has 4 nitrogen and oxygen atoms in total. The third-order valence-corrected chi connectivity index (χ3v) is 0.200. The molecular weight excluding hydrogens is 84.0 g/mol. The van der Waals surface area contributed by atoms with Crippen LogP contribution in [0.4, 0.5) is 0 Å². The minimum absolute atomic E-state index is 0.944. The first kappa shape index (κ1) is 4.94. The van der Waals surface area contributed by atoms with E-state index in [1.54, 1.807) is 0 Å². The van der Waals surface area contributed by atoms with Crippen LogP contribution in [0.2, 0.25) is 0 Å². The van der Waals surface area contributed by atoms with Gasteiger partial charge >= 0.3 is 0 Å². The summed E-state index contributed by atoms with van der Waals surface area (Å²) in [6, 6.07) is 0. The first-order valence-electron chi connectivity index (χ1n) is 1.25. The molecule has 0 aromatic rings. The highest BCUT2D eigenvalue weighted by atomic mass is 16.4. The van der Waals surface area contributed by atoms with Gasteiger partial charge in [0.25, 0.3) is 0 Å². The summed E-state index contributed by atoms with van der Waals surface area (Å²) in [5.41, 5.74) is 0. The summed E-state index contributed by atoms with van der Waals surface area (Å²) >= 11 is 0. The highest BCUT2D eigenvalue weighted by Gasteiger charge is 1.54. The average molecular weight is 88.1 g/mol. The van der Waals surface area contributed by atoms with E-state index in [-0.39, 0.29) is 0 Å². The van der Waals surface area contributed by atoms with Crippen molar-refractivity contribution in [3.63, 3.8) is 0 Å². The zero-order chi connectivity index (χ0) is 4.83. The predicted molar refractivity (Wildman–Crippen MR) is 20.6 cm³/mol. The quantitative estimate of drug-likeness (QED) is 0.267. The summed E-state index contributed by atoms with van der Waals surface area (Å²) in [4.78, 5) is 0. The van der Waals surface area contributed by atoms with Gasteiger partial charge in [-0.05, 0) is 0 Å². The molecule has 0 amide bonds. The van der Waals surface area contributed by atoms with Crippen LogP contribution in [-0.2, 0) is 0 Å². The second-order valence-electron chi connectivity index (χ2n) is 0.529. The largest absolute Gasteiger partial charge is 0.411 e. The molecule has 34 valence electrons. The Kier molecular flexibility index (Phi) is 3.24. The molecule has 0 atom stereocenters. The van der Waals surface area contributed by atoms with Crippen LogP contribution in [-0.4, -0.2) is 22.8 Å². The van der Waals surface area contributed by atoms with Crippen molar-refractivity contribution >= 4 is 12.4 Å². The van der Waals surface area contributed by atoms with Crippen molar-refractivity contribution in [2.24, 2.45) is 10.3 Å². The maximum absolute atomic E-state index is 7.56. The van der Waals surface area contributed by atoms with Crippen molar-refractivity contribution in [3.05, 3.63) is 0 Å². The van der Waals surface area contributed by atoms with Gasteiger partial charge in [-0.3, -0.25) is 0 Å². The molecule has 0 aliphatic rings. The summed E-state index contributed by atoms with van der Waals surface area (Å²) < 4.78 is 0. The van der Waals surface area contributed by atoms with Crippen LogP contribution in [0.25, 0.3) is 0 Å². The second kappa shape index (κ2) is 3.94. The van der Waals surface area contributed by atoms with Crippen molar-refractivity contribution < 1.29 is 10.4 Å². The lowest BCUT2D eigenvalue weighted by molar-refractivity contribution is 0.317. The van der Waals surface area contributed by atoms with Gasteiger partial charge < -0.3 is 10.4 Å². The average Bonchev–Trinajstić information content (AvgIpc) is 1.61. The Labute approximate surface area is 34.4 Å². The van der Waals surface area contributed by atoms with E-state index in [9.17, 15) is 0 Å². The van der Waals surface area contributed by atoms with Crippen molar-refractivity contribution in [1.29, 1.82) is 0 Å². The van der Waals surface area contributed by atoms with Crippen molar-refractivity contribution in [2.45, 2.75) is 0 Å². The normalized spacial score (nSPS) is 11.3. The maximum atomic E-state index is 7.56. The highest BCUT2D eigenvalue weighted by molar-refractivity contribution is 6.15. The van der Waals surface area contributed by atoms with E-state index in [1.165, 1.54) is 0 Å². The van der Waals surface area contributed by atoms with Crippen molar-refractivity contribution in [3.8, 4) is 0 Å². The summed E-state index contributed by atoms with van der Waals surface area (Å²) in [6.45, 7) is 0. The van der Waals surface area contributed by atoms with Crippen LogP contribution >= 0.6 is 0 Å². The molecule has 6 heavy (non-hydrogen) atoms. The highest BCUT2D eigenvalue weighted by Crippen LogP contribution is 1.45. The minimum Gasteiger partial charge on any atom is -0.411 e. The molecule has 0 aromatic heterocycles. The standard InChI is InChI=1S/C2H4N2O2/c5-3-1-2-4-6/h1-2,5-6H. The number of oxime groups is 2. The zero-order valence-corrected chi connectivity index (χ0v) is 2.94. The summed E-state index contributed by atoms with van der Waals surface area (Å²) in [7, 11) is 0. The molecule has 0 aromatic carbocycles. The molecule has 0 spiro atoms. The first-order chi connectivity index (χ1) is 2.91. The third kappa shape index (κ3) is 2.94. The van der Waals surface area contributed by atoms with Crippen LogP contribution in [0, 0.1) is 0 Å². The van der Waals surface area contributed by atoms with Crippen LogP contribution < -0.4 is 0 Å². The fourth-order valence-electron chi connectivity index (χ4n) is 0.0596. The van der Waals surface area contributed by atoms with Gasteiger partial charge in [0.2, 0.25) is 0 Å². The van der Waals surface area contributed by atoms with Crippen molar-refractivity contribution in [1.82, 2.24) is 0 Å². The molecule has 0 rings (SSSR count). The van der Waals surface area contributed by atoms with Crippen LogP contribution in [0.1, 0.15) is 0 Å². The molecule has 0 saturated carbocycles. The molecule has 0 saturated heterocycles. The van der Waals surface area contributed by atoms with Gasteiger partial charge in [-0.25, -0.2) is 0 Å². The fourth-order valence-corrected chi connectivity index (χ4v) is 0.0596. The van der Waals surface area contributed by atoms with E-state index in [4.69, 9.17) is 10.4 Å². The molecule has 0 radical (unpaired) electrons. The van der Waals surface area contributed by atoms with Gasteiger partial charge in [0, 0.05) is 0 Å². The Balaban J connectivity index is 3.07. The topological polar surface area (TPSA) is 65.2 Å². The van der Waals surface area contributed by atoms with E-state index < -0.39 is 0 Å². The molecule has 0 heterocycles. The monoisotopic (exact) mass is 88.0 g/mol. The second-order valence-corrected chi connectivity index (χ2v) is 0.529. The maximum Gasteiger partial charge on any atom is 0.0877 e. The van der Waals surface area contributed by atoms with Crippen LogP contribution in [0.3, 0.4) is 0 Å². The lowest BCUT2D eigenvalue weighted by atomic mass is 10.8. The third-order valence-electron chi connectivity index (χ3n) is 0.200. The summed E-state index contributed by atoms with van der Waals surface area (Å²) in [5, 5.41) is 20.1. The Morgan fingerprint density at radius 1 is 1.00 bits per heavy atom. The van der Waals surface area contributed by atoms with Crippen LogP contribution in [0.5, 0.6) is 0 Å². The summed E-state index contributed by atoms with van der Waals surface area (Å²) in [5.74, 6) is 0. The van der Waals surface area contributed by atoms with Crippen molar-refractivity contribution in [2.75, 3.05) is 0 Å². The minimum atomic E-state index is 0.944. The molecule has 2 N–H and O–H groups in total. The lowest BCUT2D eigenvalue weighted by Gasteiger charge is -1.62. The van der Waals surface area contributed by atoms with E-state index >= 15 is 0 Å². The van der Waals surface area contributed by atoms with Gasteiger partial charge in [0.1, 0.15) is 0 Å². The number of hydrogen-bond acceptors (Lipinski definition) is 4. The SMILES string of the molecule is ON=CC=NO. The molecular formula is C2H4N2O2. The van der Waals surface area contributed by atoms with Gasteiger partial charge in [0.15, 0.2) is 0 Å². The Morgan fingerprint density at radius 3 is 1.50 bits per heavy atom. The van der Waals surface area contributed by atoms with Gasteiger partial charge in [-0.15, -0.1) is 0 Å². The Hall–Kier alpha value is -1.06. The molecule has 4 heteroatoms. The number of hydrogen-bond donors (Lipinski definition) is 2. The van der Waals surface area contributed by atoms with E-state index in [0.29, 0.717) is 0 Å². The predicted octanol–water partition coefficient (Wildman–Crippen LogP) is -0.0936. The Morgan fingerprint density at radius 2 is 1.33 bits per heavy atom. The molecule has 0 unspecified atom stereocenters. The molecule has 0 bridgehead atoms. The van der Waals surface area contributed by atoms with E-state index in [1.807, 2.05) is 0 Å². The molecule has 0 aliphatic carbocycles. The van der Waals surface area contributed by atoms with Gasteiger partial charge in [0.05, 0.1) is 12.4 Å².